The van der Waals surface area contributed by atoms with Crippen molar-refractivity contribution in [2.45, 2.75) is 59.3 Å². The van der Waals surface area contributed by atoms with E-state index in [0.29, 0.717) is 14.7 Å². The fourth-order valence-corrected chi connectivity index (χ4v) is 7.45. The number of ketones is 4. The minimum absolute atomic E-state index is 0.00331. The highest BCUT2D eigenvalue weighted by Crippen LogP contribution is 2.48. The average molecular weight is 1040 g/mol. The number of hydrogen-bond acceptors (Lipinski definition) is 26. The van der Waals surface area contributed by atoms with Crippen molar-refractivity contribution in [2.75, 3.05) is 33.6 Å². The third-order valence-electron chi connectivity index (χ3n) is 11.4. The average Bonchev–Trinajstić information content (AvgIpc) is 3.30. The predicted octanol–water partition coefficient (Wildman–Crippen LogP) is -8.14. The first-order valence-corrected chi connectivity index (χ1v) is 20.6. The van der Waals surface area contributed by atoms with E-state index < -0.39 is 184 Å². The second-order valence-electron chi connectivity index (χ2n) is 15.2. The Hall–Kier alpha value is -8.76. The molecular formula is C39H44N8O26. The number of esters is 4. The number of carbonyl (C=O) groups is 20. The molecule has 396 valence electrons. The molecule has 0 unspecified atom stereocenters. The molecule has 34 nitrogen and oxygen atoms in total. The minimum Gasteiger partial charge on any atom is -0.480 e. The Balaban J connectivity index is 0.000000380. The van der Waals surface area contributed by atoms with Crippen LogP contribution < -0.4 is 22.9 Å². The molecule has 6 rings (SSSR count). The summed E-state index contributed by atoms with van der Waals surface area (Å²) >= 11 is 0. The normalized spacial score (nSPS) is 18.2. The Morgan fingerprint density at radius 1 is 0.452 bits per heavy atom. The number of carbonyl (C=O) groups excluding carboxylic acids is 16. The molecule has 6 aliphatic heterocycles. The van der Waals surface area contributed by atoms with Gasteiger partial charge in [0.1, 0.15) is 6.67 Å². The van der Waals surface area contributed by atoms with Gasteiger partial charge in [0, 0.05) is 52.6 Å². The molecule has 6 fully saturated rings. The predicted molar refractivity (Wildman–Crippen MR) is 219 cm³/mol. The highest BCUT2D eigenvalue weighted by atomic mass is 16.7. The van der Waals surface area contributed by atoms with Crippen molar-refractivity contribution in [3.05, 3.63) is 0 Å². The van der Waals surface area contributed by atoms with Crippen molar-refractivity contribution in [1.29, 1.82) is 0 Å². The third kappa shape index (κ3) is 8.38. The number of imide groups is 4. The van der Waals surface area contributed by atoms with Gasteiger partial charge in [-0.3, -0.25) is 96.3 Å². The summed E-state index contributed by atoms with van der Waals surface area (Å²) in [7, 11) is 1.11. The van der Waals surface area contributed by atoms with Gasteiger partial charge >= 0.3 is 53.2 Å². The summed E-state index contributed by atoms with van der Waals surface area (Å²) in [5.41, 5.74) is 4.67. The molecule has 3 spiro atoms. The first kappa shape index (κ1) is 60.4. The number of carboxylic acid groups (broad SMARTS) is 4. The van der Waals surface area contributed by atoms with E-state index >= 15 is 0 Å². The van der Waals surface area contributed by atoms with Crippen LogP contribution in [0, 0.1) is 27.1 Å². The Kier molecular flexibility index (Phi) is 18.3. The third-order valence-corrected chi connectivity index (χ3v) is 11.4. The number of Topliss-reactive ketones (excluding diaryl/α,β-unsaturated/α-hetero) is 4. The first-order chi connectivity index (χ1) is 33.8. The van der Waals surface area contributed by atoms with Crippen molar-refractivity contribution in [3.63, 3.8) is 0 Å². The number of aliphatic carboxylic acids is 4. The summed E-state index contributed by atoms with van der Waals surface area (Å²) in [4.78, 5) is 235. The molecule has 0 atom stereocenters. The Labute approximate surface area is 406 Å². The van der Waals surface area contributed by atoms with Gasteiger partial charge in [0.15, 0.2) is 23.1 Å². The fourth-order valence-electron chi connectivity index (χ4n) is 7.45. The maximum absolute atomic E-state index is 12.4. The molecule has 0 aromatic heterocycles. The lowest BCUT2D eigenvalue weighted by molar-refractivity contribution is -0.225. The van der Waals surface area contributed by atoms with E-state index in [9.17, 15) is 116 Å². The van der Waals surface area contributed by atoms with Crippen LogP contribution in [0.15, 0.2) is 0 Å². The molecule has 73 heavy (non-hydrogen) atoms. The monoisotopic (exact) mass is 1040 g/mol. The van der Waals surface area contributed by atoms with Crippen LogP contribution in [-0.2, 0) is 105 Å². The maximum Gasteiger partial charge on any atom is 0.357 e. The summed E-state index contributed by atoms with van der Waals surface area (Å²) in [6.07, 6.45) is -3.61. The van der Waals surface area contributed by atoms with Crippen LogP contribution in [0.2, 0.25) is 0 Å². The summed E-state index contributed by atoms with van der Waals surface area (Å²) < 4.78 is 7.68. The van der Waals surface area contributed by atoms with E-state index in [4.69, 9.17) is 0 Å². The number of nitrogens with zero attached hydrogens (tertiary/aromatic N) is 4. The van der Waals surface area contributed by atoms with Crippen molar-refractivity contribution >= 4 is 118 Å². The molecule has 0 radical (unpaired) electrons. The van der Waals surface area contributed by atoms with E-state index in [1.165, 1.54) is 13.8 Å². The minimum atomic E-state index is -3.40. The molecule has 0 aliphatic carbocycles. The van der Waals surface area contributed by atoms with Crippen molar-refractivity contribution < 1.29 is 126 Å². The maximum atomic E-state index is 12.4. The number of likely N-dealkylation sites (tertiary alicyclic amines) is 4. The lowest BCUT2D eigenvalue weighted by Crippen LogP contribution is -2.87. The van der Waals surface area contributed by atoms with Gasteiger partial charge in [-0.25, -0.2) is 19.2 Å². The molecule has 12 N–H and O–H groups in total. The lowest BCUT2D eigenvalue weighted by Gasteiger charge is -2.55. The lowest BCUT2D eigenvalue weighted by atomic mass is 9.68. The van der Waals surface area contributed by atoms with Crippen LogP contribution in [0.4, 0.5) is 0 Å². The number of hydrogen-bond donors (Lipinski definition) is 8. The van der Waals surface area contributed by atoms with E-state index in [2.05, 4.69) is 32.4 Å². The molecule has 0 saturated carbocycles. The zero-order valence-electron chi connectivity index (χ0n) is 38.4. The number of rotatable bonds is 18. The highest BCUT2D eigenvalue weighted by Gasteiger charge is 2.83. The quantitative estimate of drug-likeness (QED) is 0.0273. The topological polar surface area (TPSA) is 558 Å². The Morgan fingerprint density at radius 2 is 0.726 bits per heavy atom. The SMILES string of the molecule is CCCC(=O)C(C(=O)O)(C(=O)O)C(=O)CCCC(=O)C(C(=O)O)(C(=O)O)C(=O)CC.CCN1C(=O)C2(C1=O)C(=O)N(CN1C(=O)C3(C(=O)N(C)C3=O)C1=O)C2=O.NCN.NCN.O=C1OC(=O)C12C(=O)OC2=O. The summed E-state index contributed by atoms with van der Waals surface area (Å²) in [5, 5.41) is 36.9. The molecule has 8 amide bonds. The van der Waals surface area contributed by atoms with Crippen LogP contribution >= 0.6 is 0 Å². The van der Waals surface area contributed by atoms with E-state index in [1.807, 2.05) is 0 Å². The molecule has 6 saturated heterocycles. The second-order valence-corrected chi connectivity index (χ2v) is 15.2. The molecule has 6 aliphatic rings. The summed E-state index contributed by atoms with van der Waals surface area (Å²) in [6, 6.07) is 0. The number of nitrogens with two attached hydrogens (primary N) is 4. The van der Waals surface area contributed by atoms with Gasteiger partial charge in [-0.15, -0.1) is 0 Å². The van der Waals surface area contributed by atoms with Gasteiger partial charge in [-0.05, 0) is 19.8 Å². The van der Waals surface area contributed by atoms with Crippen LogP contribution in [0.1, 0.15) is 59.3 Å². The largest absolute Gasteiger partial charge is 0.480 e. The Morgan fingerprint density at radius 3 is 0.973 bits per heavy atom. The molecule has 0 aromatic carbocycles. The number of ether oxygens (including phenoxy) is 2. The van der Waals surface area contributed by atoms with Crippen LogP contribution in [0.3, 0.4) is 0 Å². The van der Waals surface area contributed by atoms with Crippen molar-refractivity contribution in [1.82, 2.24) is 19.6 Å². The van der Waals surface area contributed by atoms with Gasteiger partial charge in [-0.2, -0.15) is 0 Å². The molecule has 0 bridgehead atoms. The van der Waals surface area contributed by atoms with Gasteiger partial charge in [0.2, 0.25) is 0 Å². The van der Waals surface area contributed by atoms with E-state index in [0.717, 1.165) is 18.9 Å². The molecule has 34 heteroatoms. The zero-order chi connectivity index (χ0) is 56.8. The number of amides is 8. The Bertz CT molecular complexity index is 2440. The van der Waals surface area contributed by atoms with Gasteiger partial charge < -0.3 is 52.8 Å². The standard InChI is InChI=1S/C18H22O12.C14H10N4O8.C5O6.2CH6N2/c1-3-6-10(20)18(15(27)28,16(29)30)12(22)8-5-7-11(21)17(13(23)24,14(25)26)9(19)4-2;1-3-16-7(21)14(8(16)22)11(25)18(12(14)26)4-17-9(23)13(10(17)24)5(19)15(2)6(13)20;6-1-5(2(7)10-1)3(8)11-4(5)9;2*2-1-3/h3-8H2,1-2H3,(H,23,24)(H,25,26)(H,27,28)(H,29,30);3-4H2,1-2H3;;2*1-3H2. The smallest absolute Gasteiger partial charge is 0.357 e. The van der Waals surface area contributed by atoms with Crippen LogP contribution in [0.5, 0.6) is 0 Å². The number of cyclic esters (lactones) is 4. The van der Waals surface area contributed by atoms with Crippen LogP contribution in [0.25, 0.3) is 0 Å². The highest BCUT2D eigenvalue weighted by molar-refractivity contribution is 6.54. The molecular weight excluding hydrogens is 996 g/mol. The van der Waals surface area contributed by atoms with Gasteiger partial charge in [-0.1, -0.05) is 13.8 Å². The second kappa shape index (κ2) is 22.1. The fraction of sp³-hybridized carbons (Fsp3) is 0.487. The van der Waals surface area contributed by atoms with Crippen molar-refractivity contribution in [2.24, 2.45) is 50.0 Å². The summed E-state index contributed by atoms with van der Waals surface area (Å²) in [5.74, 6) is -27.7. The molecule has 0 aromatic rings. The molecule has 6 heterocycles. The summed E-state index contributed by atoms with van der Waals surface area (Å²) in [6.45, 7) is 3.75. The number of β-lactam (4-membered cyclic amide) rings is 8. The van der Waals surface area contributed by atoms with Gasteiger partial charge in [0.25, 0.3) is 68.9 Å². The first-order valence-electron chi connectivity index (χ1n) is 20.6. The van der Waals surface area contributed by atoms with E-state index in [1.54, 1.807) is 0 Å². The van der Waals surface area contributed by atoms with E-state index in [-0.39, 0.29) is 26.3 Å². The van der Waals surface area contributed by atoms with Gasteiger partial charge in [0.05, 0.1) is 0 Å². The van der Waals surface area contributed by atoms with Crippen LogP contribution in [-0.4, -0.2) is 192 Å². The number of carboxylic acids is 4. The van der Waals surface area contributed by atoms with Crippen molar-refractivity contribution in [3.8, 4) is 0 Å². The zero-order valence-corrected chi connectivity index (χ0v) is 38.4.